The van der Waals surface area contributed by atoms with E-state index in [9.17, 15) is 24.0 Å². The summed E-state index contributed by atoms with van der Waals surface area (Å²) in [6.07, 6.45) is 9.95. The van der Waals surface area contributed by atoms with Gasteiger partial charge in [-0.05, 0) is 92.5 Å². The Morgan fingerprint density at radius 3 is 2.05 bits per heavy atom. The SMILES string of the molecule is O=C1CC[C@@H](N2C(=O)c3cc4c(cc3C2=O)CN(C2CCC(Oc3ccc(C(=O)NC5CCCCC5)cc3)CC2)C4)C(=O)N1. The first-order chi connectivity index (χ1) is 21.3. The van der Waals surface area contributed by atoms with Gasteiger partial charge in [0.1, 0.15) is 11.8 Å². The van der Waals surface area contributed by atoms with Crippen molar-refractivity contribution in [3.05, 3.63) is 64.2 Å². The Morgan fingerprint density at radius 2 is 1.43 bits per heavy atom. The van der Waals surface area contributed by atoms with Gasteiger partial charge in [0.15, 0.2) is 0 Å². The van der Waals surface area contributed by atoms with Crippen LogP contribution in [0.5, 0.6) is 5.75 Å². The fourth-order valence-electron chi connectivity index (χ4n) is 7.57. The zero-order valence-electron chi connectivity index (χ0n) is 24.8. The minimum Gasteiger partial charge on any atom is -0.490 e. The lowest BCUT2D eigenvalue weighted by Gasteiger charge is -2.34. The molecule has 2 aromatic carbocycles. The number of carbonyl (C=O) groups is 5. The van der Waals surface area contributed by atoms with Crippen LogP contribution in [-0.2, 0) is 22.7 Å². The molecule has 0 unspecified atom stereocenters. The highest BCUT2D eigenvalue weighted by Crippen LogP contribution is 2.36. The summed E-state index contributed by atoms with van der Waals surface area (Å²) in [4.78, 5) is 66.5. The Hall–Kier alpha value is -4.05. The van der Waals surface area contributed by atoms with Gasteiger partial charge >= 0.3 is 0 Å². The normalized spacial score (nSPS) is 25.9. The number of fused-ring (bicyclic) bond motifs is 2. The van der Waals surface area contributed by atoms with Crippen LogP contribution in [0.2, 0.25) is 0 Å². The minimum absolute atomic E-state index is 0.0128. The number of nitrogens with one attached hydrogen (secondary N) is 2. The Labute approximate surface area is 256 Å². The van der Waals surface area contributed by atoms with Gasteiger partial charge < -0.3 is 10.1 Å². The Kier molecular flexibility index (Phi) is 7.70. The van der Waals surface area contributed by atoms with Crippen LogP contribution in [0.4, 0.5) is 0 Å². The van der Waals surface area contributed by atoms with Crippen molar-refractivity contribution >= 4 is 29.5 Å². The molecule has 3 fully saturated rings. The third-order valence-electron chi connectivity index (χ3n) is 10.0. The molecule has 2 N–H and O–H groups in total. The Bertz CT molecular complexity index is 1460. The van der Waals surface area contributed by atoms with Crippen LogP contribution in [0.3, 0.4) is 0 Å². The maximum Gasteiger partial charge on any atom is 0.262 e. The van der Waals surface area contributed by atoms with E-state index in [1.807, 2.05) is 36.4 Å². The topological polar surface area (TPSA) is 125 Å². The van der Waals surface area contributed by atoms with Gasteiger partial charge in [-0.1, -0.05) is 19.3 Å². The van der Waals surface area contributed by atoms with Crippen molar-refractivity contribution in [2.75, 3.05) is 0 Å². The van der Waals surface area contributed by atoms with Gasteiger partial charge in [-0.3, -0.25) is 39.1 Å². The minimum atomic E-state index is -0.951. The van der Waals surface area contributed by atoms with Gasteiger partial charge in [0.25, 0.3) is 17.7 Å². The van der Waals surface area contributed by atoms with E-state index in [0.29, 0.717) is 35.8 Å². The molecule has 0 aromatic heterocycles. The number of hydrogen-bond acceptors (Lipinski definition) is 7. The summed E-state index contributed by atoms with van der Waals surface area (Å²) in [7, 11) is 0. The molecule has 2 saturated carbocycles. The summed E-state index contributed by atoms with van der Waals surface area (Å²) in [6, 6.07) is 10.8. The average molecular weight is 599 g/mol. The maximum absolute atomic E-state index is 13.2. The molecule has 1 atom stereocenters. The number of nitrogens with zero attached hydrogens (tertiary/aromatic N) is 2. The monoisotopic (exact) mass is 598 g/mol. The quantitative estimate of drug-likeness (QED) is 0.484. The van der Waals surface area contributed by atoms with Gasteiger partial charge in [0.05, 0.1) is 17.2 Å². The van der Waals surface area contributed by atoms with E-state index in [2.05, 4.69) is 15.5 Å². The van der Waals surface area contributed by atoms with Gasteiger partial charge in [-0.15, -0.1) is 0 Å². The second kappa shape index (κ2) is 11.8. The summed E-state index contributed by atoms with van der Waals surface area (Å²) in [5.41, 5.74) is 3.44. The van der Waals surface area contributed by atoms with E-state index < -0.39 is 23.8 Å². The van der Waals surface area contributed by atoms with Crippen LogP contribution in [0.25, 0.3) is 0 Å². The van der Waals surface area contributed by atoms with Crippen molar-refractivity contribution in [2.24, 2.45) is 0 Å². The molecule has 0 bridgehead atoms. The molecule has 5 amide bonds. The Balaban J connectivity index is 0.918. The summed E-state index contributed by atoms with van der Waals surface area (Å²) < 4.78 is 6.29. The van der Waals surface area contributed by atoms with E-state index in [-0.39, 0.29) is 36.8 Å². The van der Waals surface area contributed by atoms with Crippen LogP contribution in [0.1, 0.15) is 113 Å². The molecular weight excluding hydrogens is 560 g/mol. The third kappa shape index (κ3) is 5.51. The summed E-state index contributed by atoms with van der Waals surface area (Å²) in [6.45, 7) is 1.42. The molecule has 5 aliphatic rings. The number of imide groups is 2. The highest BCUT2D eigenvalue weighted by Gasteiger charge is 2.45. The summed E-state index contributed by atoms with van der Waals surface area (Å²) in [5, 5.41) is 5.41. The summed E-state index contributed by atoms with van der Waals surface area (Å²) >= 11 is 0. The zero-order chi connectivity index (χ0) is 30.4. The predicted octanol–water partition coefficient (Wildman–Crippen LogP) is 3.86. The summed E-state index contributed by atoms with van der Waals surface area (Å²) in [5.74, 6) is -1.13. The van der Waals surface area contributed by atoms with Crippen LogP contribution in [-0.4, -0.2) is 63.6 Å². The number of amides is 5. The molecule has 3 heterocycles. The molecule has 10 nitrogen and oxygen atoms in total. The molecular formula is C34H38N4O6. The molecule has 1 saturated heterocycles. The Morgan fingerprint density at radius 1 is 0.795 bits per heavy atom. The lowest BCUT2D eigenvalue weighted by atomic mass is 9.92. The van der Waals surface area contributed by atoms with Crippen LogP contribution < -0.4 is 15.4 Å². The molecule has 44 heavy (non-hydrogen) atoms. The van der Waals surface area contributed by atoms with Crippen molar-refractivity contribution in [3.63, 3.8) is 0 Å². The fraction of sp³-hybridized carbons (Fsp3) is 0.500. The lowest BCUT2D eigenvalue weighted by molar-refractivity contribution is -0.136. The maximum atomic E-state index is 13.2. The van der Waals surface area contributed by atoms with E-state index >= 15 is 0 Å². The van der Waals surface area contributed by atoms with Crippen LogP contribution in [0.15, 0.2) is 36.4 Å². The number of hydrogen-bond donors (Lipinski definition) is 2. The first-order valence-corrected chi connectivity index (χ1v) is 16.0. The number of piperidine rings is 1. The van der Waals surface area contributed by atoms with E-state index in [0.717, 1.165) is 60.3 Å². The van der Waals surface area contributed by atoms with E-state index in [1.54, 1.807) is 0 Å². The van der Waals surface area contributed by atoms with E-state index in [1.165, 1.54) is 19.3 Å². The second-order valence-corrected chi connectivity index (χ2v) is 12.9. The first kappa shape index (κ1) is 28.7. The zero-order valence-corrected chi connectivity index (χ0v) is 24.8. The molecule has 10 heteroatoms. The second-order valence-electron chi connectivity index (χ2n) is 12.9. The van der Waals surface area contributed by atoms with Crippen molar-refractivity contribution < 1.29 is 28.7 Å². The van der Waals surface area contributed by atoms with Crippen molar-refractivity contribution in [2.45, 2.75) is 108 Å². The highest BCUT2D eigenvalue weighted by atomic mass is 16.5. The smallest absolute Gasteiger partial charge is 0.262 e. The molecule has 0 spiro atoms. The van der Waals surface area contributed by atoms with Crippen LogP contribution in [0, 0.1) is 0 Å². The molecule has 2 aliphatic carbocycles. The third-order valence-corrected chi connectivity index (χ3v) is 10.0. The largest absolute Gasteiger partial charge is 0.490 e. The van der Waals surface area contributed by atoms with Gasteiger partial charge in [0, 0.05) is 37.2 Å². The number of benzene rings is 2. The number of rotatable bonds is 6. The average Bonchev–Trinajstić information content (AvgIpc) is 3.55. The van der Waals surface area contributed by atoms with E-state index in [4.69, 9.17) is 4.74 Å². The van der Waals surface area contributed by atoms with Crippen molar-refractivity contribution in [1.29, 1.82) is 0 Å². The predicted molar refractivity (Wildman–Crippen MR) is 160 cm³/mol. The molecule has 7 rings (SSSR count). The highest BCUT2D eigenvalue weighted by molar-refractivity contribution is 6.23. The van der Waals surface area contributed by atoms with Gasteiger partial charge in [0.2, 0.25) is 11.8 Å². The molecule has 230 valence electrons. The van der Waals surface area contributed by atoms with Crippen molar-refractivity contribution in [3.8, 4) is 5.75 Å². The van der Waals surface area contributed by atoms with Crippen molar-refractivity contribution in [1.82, 2.24) is 20.4 Å². The lowest BCUT2D eigenvalue weighted by Crippen LogP contribution is -2.54. The molecule has 0 radical (unpaired) electrons. The number of carbonyl (C=O) groups excluding carboxylic acids is 5. The fourth-order valence-corrected chi connectivity index (χ4v) is 7.57. The first-order valence-electron chi connectivity index (χ1n) is 16.0. The van der Waals surface area contributed by atoms with Gasteiger partial charge in [-0.2, -0.15) is 0 Å². The molecule has 3 aliphatic heterocycles. The standard InChI is InChI=1S/C34H38N4O6/c39-30-15-14-29(32(41)36-30)38-33(42)27-16-21-18-37(19-22(21)17-28(27)34(38)43)24-8-12-26(13-9-24)44-25-10-6-20(7-11-25)31(40)35-23-4-2-1-3-5-23/h6-7,10-11,16-17,23-24,26,29H,1-5,8-9,12-15,18-19H2,(H,35,40)(H,36,39,41)/t24?,26?,29-/m1/s1. The number of ether oxygens (including phenoxy) is 1. The van der Waals surface area contributed by atoms with Crippen LogP contribution >= 0.6 is 0 Å². The molecule has 2 aromatic rings. The van der Waals surface area contributed by atoms with Gasteiger partial charge in [-0.25, -0.2) is 0 Å².